The van der Waals surface area contributed by atoms with Crippen LogP contribution >= 0.6 is 10.7 Å². The van der Waals surface area contributed by atoms with Gasteiger partial charge in [0.1, 0.15) is 5.82 Å². The molecule has 0 saturated heterocycles. The van der Waals surface area contributed by atoms with Crippen LogP contribution in [0.1, 0.15) is 11.4 Å². The molecule has 0 radical (unpaired) electrons. The van der Waals surface area contributed by atoms with E-state index in [1.54, 1.807) is 12.4 Å². The molecule has 0 N–H and O–H groups in total. The van der Waals surface area contributed by atoms with E-state index < -0.39 is 9.05 Å². The van der Waals surface area contributed by atoms with E-state index in [-0.39, 0.29) is 5.16 Å². The molecule has 0 spiro atoms. The molecule has 0 aliphatic heterocycles. The fourth-order valence-electron chi connectivity index (χ4n) is 1.90. The summed E-state index contributed by atoms with van der Waals surface area (Å²) in [6, 6.07) is 3.80. The minimum atomic E-state index is -3.93. The summed E-state index contributed by atoms with van der Waals surface area (Å²) in [4.78, 5) is 3.95. The summed E-state index contributed by atoms with van der Waals surface area (Å²) in [6.07, 6.45) is 4.67. The van der Waals surface area contributed by atoms with Gasteiger partial charge in [0.15, 0.2) is 0 Å². The summed E-state index contributed by atoms with van der Waals surface area (Å²) in [5.74, 6) is 0.558. The van der Waals surface area contributed by atoms with Crippen molar-refractivity contribution >= 4 is 19.7 Å². The molecule has 0 fully saturated rings. The van der Waals surface area contributed by atoms with Gasteiger partial charge in [0.25, 0.3) is 14.2 Å². The van der Waals surface area contributed by atoms with Gasteiger partial charge in [-0.2, -0.15) is 0 Å². The number of aryl methyl sites for hydroxylation is 2. The number of methoxy groups -OCH3 is 1. The highest BCUT2D eigenvalue weighted by atomic mass is 35.7. The minimum Gasteiger partial charge on any atom is -0.383 e. The van der Waals surface area contributed by atoms with E-state index in [2.05, 4.69) is 15.2 Å². The first-order chi connectivity index (χ1) is 10.0. The molecule has 2 aromatic heterocycles. The maximum absolute atomic E-state index is 11.5. The largest absolute Gasteiger partial charge is 0.383 e. The molecule has 0 aromatic carbocycles. The van der Waals surface area contributed by atoms with Crippen LogP contribution in [0, 0.1) is 0 Å². The first-order valence-electron chi connectivity index (χ1n) is 6.27. The molecule has 0 bridgehead atoms. The van der Waals surface area contributed by atoms with Crippen molar-refractivity contribution in [1.82, 2.24) is 19.7 Å². The van der Waals surface area contributed by atoms with Gasteiger partial charge in [0.2, 0.25) is 0 Å². The first kappa shape index (κ1) is 15.9. The second-order valence-corrected chi connectivity index (χ2v) is 6.80. The smallest absolute Gasteiger partial charge is 0.296 e. The Hall–Kier alpha value is -1.51. The first-order valence-corrected chi connectivity index (χ1v) is 8.58. The van der Waals surface area contributed by atoms with E-state index in [0.29, 0.717) is 31.8 Å². The van der Waals surface area contributed by atoms with Gasteiger partial charge < -0.3 is 4.74 Å². The Labute approximate surface area is 127 Å². The second-order valence-electron chi connectivity index (χ2n) is 4.34. The Balaban J connectivity index is 2.20. The van der Waals surface area contributed by atoms with Gasteiger partial charge in [-0.05, 0) is 24.1 Å². The minimum absolute atomic E-state index is 0.244. The summed E-state index contributed by atoms with van der Waals surface area (Å²) < 4.78 is 29.5. The van der Waals surface area contributed by atoms with Crippen molar-refractivity contribution in [3.63, 3.8) is 0 Å². The summed E-state index contributed by atoms with van der Waals surface area (Å²) in [5, 5.41) is 7.36. The quantitative estimate of drug-likeness (QED) is 0.705. The molecule has 9 heteroatoms. The molecular weight excluding hydrogens is 316 g/mol. The van der Waals surface area contributed by atoms with Crippen molar-refractivity contribution in [3.8, 4) is 0 Å². The molecule has 0 amide bonds. The number of ether oxygens (including phenoxy) is 1. The average molecular weight is 331 g/mol. The zero-order valence-electron chi connectivity index (χ0n) is 11.4. The van der Waals surface area contributed by atoms with Gasteiger partial charge in [-0.3, -0.25) is 9.55 Å². The SMILES string of the molecule is COCCn1c(CCc2ccncc2)nnc1S(=O)(=O)Cl. The Morgan fingerprint density at radius 3 is 2.57 bits per heavy atom. The van der Waals surface area contributed by atoms with Gasteiger partial charge in [0.05, 0.1) is 6.61 Å². The summed E-state index contributed by atoms with van der Waals surface area (Å²) >= 11 is 0. The third-order valence-corrected chi connectivity index (χ3v) is 4.07. The number of aromatic nitrogens is 4. The summed E-state index contributed by atoms with van der Waals surface area (Å²) in [5.41, 5.74) is 1.08. The number of hydrogen-bond acceptors (Lipinski definition) is 6. The number of rotatable bonds is 7. The Bertz CT molecular complexity index is 688. The topological polar surface area (TPSA) is 87.0 Å². The second kappa shape index (κ2) is 6.97. The predicted molar refractivity (Wildman–Crippen MR) is 76.6 cm³/mol. The zero-order valence-corrected chi connectivity index (χ0v) is 13.0. The monoisotopic (exact) mass is 330 g/mol. The highest BCUT2D eigenvalue weighted by Crippen LogP contribution is 2.15. The molecular formula is C12H15ClN4O3S. The lowest BCUT2D eigenvalue weighted by Crippen LogP contribution is -2.13. The number of pyridine rings is 1. The molecule has 114 valence electrons. The average Bonchev–Trinajstić information content (AvgIpc) is 2.87. The van der Waals surface area contributed by atoms with Crippen LogP contribution in [0.2, 0.25) is 0 Å². The highest BCUT2D eigenvalue weighted by Gasteiger charge is 2.22. The van der Waals surface area contributed by atoms with Crippen LogP contribution in [0.5, 0.6) is 0 Å². The lowest BCUT2D eigenvalue weighted by atomic mass is 10.1. The van der Waals surface area contributed by atoms with Crippen LogP contribution in [0.4, 0.5) is 0 Å². The van der Waals surface area contributed by atoms with Crippen LogP contribution in [0.25, 0.3) is 0 Å². The van der Waals surface area contributed by atoms with Crippen molar-refractivity contribution in [1.29, 1.82) is 0 Å². The zero-order chi connectivity index (χ0) is 15.3. The van der Waals surface area contributed by atoms with Crippen LogP contribution in [0.15, 0.2) is 29.7 Å². The molecule has 2 rings (SSSR count). The van der Waals surface area contributed by atoms with Crippen LogP contribution in [-0.4, -0.2) is 41.9 Å². The van der Waals surface area contributed by atoms with Crippen molar-refractivity contribution < 1.29 is 13.2 Å². The molecule has 2 aromatic rings. The van der Waals surface area contributed by atoms with E-state index in [4.69, 9.17) is 15.4 Å². The molecule has 0 atom stereocenters. The third-order valence-electron chi connectivity index (χ3n) is 2.92. The van der Waals surface area contributed by atoms with Gasteiger partial charge in [-0.15, -0.1) is 10.2 Å². The molecule has 0 aliphatic rings. The molecule has 0 aliphatic carbocycles. The van der Waals surface area contributed by atoms with Crippen LogP contribution in [-0.2, 0) is 33.2 Å². The maximum Gasteiger partial charge on any atom is 0.296 e. The Morgan fingerprint density at radius 2 is 1.95 bits per heavy atom. The molecule has 0 saturated carbocycles. The molecule has 7 nitrogen and oxygen atoms in total. The Kier molecular flexibility index (Phi) is 5.27. The van der Waals surface area contributed by atoms with Crippen molar-refractivity contribution in [2.75, 3.05) is 13.7 Å². The number of halogens is 1. The van der Waals surface area contributed by atoms with Gasteiger partial charge >= 0.3 is 0 Å². The van der Waals surface area contributed by atoms with Gasteiger partial charge in [-0.25, -0.2) is 8.42 Å². The molecule has 2 heterocycles. The van der Waals surface area contributed by atoms with E-state index in [1.165, 1.54) is 11.7 Å². The lowest BCUT2D eigenvalue weighted by molar-refractivity contribution is 0.183. The maximum atomic E-state index is 11.5. The Morgan fingerprint density at radius 1 is 1.24 bits per heavy atom. The van der Waals surface area contributed by atoms with E-state index in [0.717, 1.165) is 5.56 Å². The van der Waals surface area contributed by atoms with Crippen molar-refractivity contribution in [3.05, 3.63) is 35.9 Å². The van der Waals surface area contributed by atoms with E-state index >= 15 is 0 Å². The third kappa shape index (κ3) is 4.23. The van der Waals surface area contributed by atoms with Crippen LogP contribution in [0.3, 0.4) is 0 Å². The van der Waals surface area contributed by atoms with E-state index in [9.17, 15) is 8.42 Å². The van der Waals surface area contributed by atoms with Crippen molar-refractivity contribution in [2.45, 2.75) is 24.5 Å². The van der Waals surface area contributed by atoms with Crippen molar-refractivity contribution in [2.24, 2.45) is 0 Å². The summed E-state index contributed by atoms with van der Waals surface area (Å²) in [7, 11) is 2.98. The fraction of sp³-hybridized carbons (Fsp3) is 0.417. The molecule has 0 unspecified atom stereocenters. The normalized spacial score (nSPS) is 11.7. The predicted octanol–water partition coefficient (Wildman–Crippen LogP) is 1.03. The highest BCUT2D eigenvalue weighted by molar-refractivity contribution is 8.13. The van der Waals surface area contributed by atoms with Gasteiger partial charge in [0, 0.05) is 43.2 Å². The number of nitrogens with zero attached hydrogens (tertiary/aromatic N) is 4. The standard InChI is InChI=1S/C12H15ClN4O3S/c1-20-9-8-17-11(15-16-12(17)21(13,18)19)3-2-10-4-6-14-7-5-10/h4-7H,2-3,8-9H2,1H3. The van der Waals surface area contributed by atoms with E-state index in [1.807, 2.05) is 12.1 Å². The van der Waals surface area contributed by atoms with Crippen LogP contribution < -0.4 is 0 Å². The van der Waals surface area contributed by atoms with Gasteiger partial charge in [-0.1, -0.05) is 0 Å². The molecule has 21 heavy (non-hydrogen) atoms. The lowest BCUT2D eigenvalue weighted by Gasteiger charge is -2.08. The summed E-state index contributed by atoms with van der Waals surface area (Å²) in [6.45, 7) is 0.677. The number of hydrogen-bond donors (Lipinski definition) is 0. The fourth-order valence-corrected chi connectivity index (χ4v) is 2.84.